The maximum atomic E-state index is 11.8. The monoisotopic (exact) mass is 782 g/mol. The number of aromatic hydroxyl groups is 1. The molecule has 0 fully saturated rings. The van der Waals surface area contributed by atoms with E-state index in [2.05, 4.69) is 40.7 Å². The number of nitrogens with zero attached hydrogens (tertiary/aromatic N) is 3. The Morgan fingerprint density at radius 1 is 0.712 bits per heavy atom. The summed E-state index contributed by atoms with van der Waals surface area (Å²) in [5.41, 5.74) is 10.8. The number of hydrogen-bond acceptors (Lipinski definition) is 3. The molecule has 2 heterocycles. The third-order valence-corrected chi connectivity index (χ3v) is 11.1. The molecule has 0 bridgehead atoms. The Balaban J connectivity index is 1.41. The first-order valence-corrected chi connectivity index (χ1v) is 20.1. The lowest BCUT2D eigenvalue weighted by atomic mass is 9.83. The van der Waals surface area contributed by atoms with E-state index < -0.39 is 30.9 Å². The summed E-state index contributed by atoms with van der Waals surface area (Å²) < 4.78 is 80.1. The molecule has 0 radical (unpaired) electrons. The van der Waals surface area contributed by atoms with Gasteiger partial charge in [0.1, 0.15) is 11.6 Å². The van der Waals surface area contributed by atoms with E-state index >= 15 is 0 Å². The number of benzene rings is 6. The van der Waals surface area contributed by atoms with Gasteiger partial charge in [0.15, 0.2) is 0 Å². The van der Waals surface area contributed by atoms with Crippen LogP contribution in [0.15, 0.2) is 133 Å². The van der Waals surface area contributed by atoms with Gasteiger partial charge in [0.25, 0.3) is 0 Å². The van der Waals surface area contributed by atoms with Crippen LogP contribution in [0.5, 0.6) is 5.75 Å². The smallest absolute Gasteiger partial charge is 0.149 e. The van der Waals surface area contributed by atoms with Crippen LogP contribution in [-0.2, 0) is 5.41 Å². The number of pyridine rings is 1. The summed E-state index contributed by atoms with van der Waals surface area (Å²) in [5.74, 6) is -0.503. The Morgan fingerprint density at radius 2 is 1.46 bits per heavy atom. The van der Waals surface area contributed by atoms with Crippen LogP contribution in [0.4, 0.5) is 0 Å². The first-order chi connectivity index (χ1) is 31.8. The van der Waals surface area contributed by atoms with E-state index in [0.717, 1.165) is 44.5 Å². The molecule has 6 aromatic carbocycles. The Labute approximate surface area is 362 Å². The fraction of sp³-hybridized carbons (Fsp3) is 0.236. The highest BCUT2D eigenvalue weighted by Gasteiger charge is 2.24. The van der Waals surface area contributed by atoms with Crippen molar-refractivity contribution in [3.63, 3.8) is 0 Å². The SMILES string of the molecule is [2H]c1c([2H])c([2H])c(-c2ccnc(-c3cc(-c4cccc5c4nc(-c4cc(C)cc(C)c4O)n5-c4ccc(-c5c(C(C)C)cccc5C([2H])(C)C)cc4C([2H])([2H])[2H])cc(C(C)(C)C)c3)c2)c([2H])c1[2H]. The van der Waals surface area contributed by atoms with Crippen LogP contribution in [0.1, 0.15) is 106 Å². The van der Waals surface area contributed by atoms with Crippen molar-refractivity contribution in [1.29, 1.82) is 0 Å². The molecule has 0 amide bonds. The van der Waals surface area contributed by atoms with Gasteiger partial charge in [-0.25, -0.2) is 4.98 Å². The molecule has 296 valence electrons. The van der Waals surface area contributed by atoms with Crippen molar-refractivity contribution >= 4 is 11.0 Å². The molecule has 59 heavy (non-hydrogen) atoms. The average molecular weight is 783 g/mol. The van der Waals surface area contributed by atoms with Gasteiger partial charge in [-0.05, 0) is 148 Å². The lowest BCUT2D eigenvalue weighted by molar-refractivity contribution is 0.472. The van der Waals surface area contributed by atoms with Crippen LogP contribution in [0, 0.1) is 20.7 Å². The van der Waals surface area contributed by atoms with Gasteiger partial charge in [0.2, 0.25) is 0 Å². The van der Waals surface area contributed by atoms with Gasteiger partial charge in [-0.2, -0.15) is 0 Å². The van der Waals surface area contributed by atoms with Crippen molar-refractivity contribution in [3.05, 3.63) is 167 Å². The second-order valence-electron chi connectivity index (χ2n) is 17.1. The molecule has 8 rings (SSSR count). The normalized spacial score (nSPS) is 14.5. The van der Waals surface area contributed by atoms with Crippen molar-refractivity contribution in [3.8, 4) is 67.5 Å². The first-order valence-electron chi connectivity index (χ1n) is 24.6. The molecule has 0 atom stereocenters. The summed E-state index contributed by atoms with van der Waals surface area (Å²) in [6.07, 6.45) is 1.57. The highest BCUT2D eigenvalue weighted by atomic mass is 16.3. The molecule has 0 unspecified atom stereocenters. The summed E-state index contributed by atoms with van der Waals surface area (Å²) in [6, 6.07) is 28.5. The van der Waals surface area contributed by atoms with E-state index in [1.54, 1.807) is 24.4 Å². The third kappa shape index (κ3) is 7.49. The van der Waals surface area contributed by atoms with Gasteiger partial charge in [0.05, 0.1) is 34.8 Å². The van der Waals surface area contributed by atoms with Crippen LogP contribution in [0.2, 0.25) is 0 Å². The lowest BCUT2D eigenvalue weighted by Gasteiger charge is -2.22. The predicted molar refractivity (Wildman–Crippen MR) is 249 cm³/mol. The Kier molecular flexibility index (Phi) is 7.84. The standard InChI is InChI=1S/C55H55N3O/c1-33(2)44-18-14-19-45(34(3)4)51(44)40-22-23-49(36(6)28-40)58-50-21-15-20-46(52(50)57-54(58)47-27-35(5)26-37(7)53(47)59)41-29-42(31-43(30-41)55(8,9)10)48-32-39(24-25-56-48)38-16-12-11-13-17-38/h11-34,59H,1-10H3/i6D3,11D,12D,13D,16D,17D,33D. The van der Waals surface area contributed by atoms with E-state index in [1.807, 2.05) is 105 Å². The Bertz CT molecular complexity index is 3290. The number of imidazole rings is 1. The van der Waals surface area contributed by atoms with Crippen LogP contribution in [0.3, 0.4) is 0 Å². The maximum Gasteiger partial charge on any atom is 0.149 e. The molecule has 0 aliphatic carbocycles. The first kappa shape index (κ1) is 29.9. The van der Waals surface area contributed by atoms with Gasteiger partial charge in [-0.15, -0.1) is 0 Å². The molecule has 0 aliphatic heterocycles. The second kappa shape index (κ2) is 15.5. The third-order valence-electron chi connectivity index (χ3n) is 11.1. The lowest BCUT2D eigenvalue weighted by Crippen LogP contribution is -2.11. The predicted octanol–water partition coefficient (Wildman–Crippen LogP) is 14.9. The molecular formula is C55H55N3O. The molecule has 0 spiro atoms. The highest BCUT2D eigenvalue weighted by Crippen LogP contribution is 2.43. The molecule has 8 aromatic rings. The summed E-state index contributed by atoms with van der Waals surface area (Å²) in [6.45, 7) is 15.3. The molecule has 4 heteroatoms. The molecule has 4 nitrogen and oxygen atoms in total. The van der Waals surface area contributed by atoms with Gasteiger partial charge < -0.3 is 5.11 Å². The van der Waals surface area contributed by atoms with E-state index in [1.165, 1.54) is 0 Å². The summed E-state index contributed by atoms with van der Waals surface area (Å²) in [4.78, 5) is 10.1. The summed E-state index contributed by atoms with van der Waals surface area (Å²) in [5, 5.41) is 11.8. The number of fused-ring (bicyclic) bond motifs is 1. The van der Waals surface area contributed by atoms with E-state index in [9.17, 15) is 5.11 Å². The van der Waals surface area contributed by atoms with Crippen LogP contribution >= 0.6 is 0 Å². The number of phenolic OH excluding ortho intramolecular Hbond substituents is 1. The number of rotatable bonds is 8. The fourth-order valence-corrected chi connectivity index (χ4v) is 8.07. The quantitative estimate of drug-likeness (QED) is 0.167. The summed E-state index contributed by atoms with van der Waals surface area (Å²) >= 11 is 0. The van der Waals surface area contributed by atoms with Crippen LogP contribution in [0.25, 0.3) is 72.7 Å². The zero-order valence-corrected chi connectivity index (χ0v) is 35.2. The van der Waals surface area contributed by atoms with E-state index in [4.69, 9.17) is 22.3 Å². The minimum absolute atomic E-state index is 0.0241. The zero-order valence-electron chi connectivity index (χ0n) is 44.2. The largest absolute Gasteiger partial charge is 0.507 e. The number of phenols is 1. The molecule has 1 N–H and O–H groups in total. The maximum absolute atomic E-state index is 11.8. The van der Waals surface area contributed by atoms with Crippen LogP contribution in [-0.4, -0.2) is 19.6 Å². The van der Waals surface area contributed by atoms with Gasteiger partial charge in [-0.1, -0.05) is 127 Å². The number of aromatic nitrogens is 3. The molecule has 0 saturated heterocycles. The number of aryl methyl sites for hydroxylation is 3. The molecule has 0 saturated carbocycles. The highest BCUT2D eigenvalue weighted by molar-refractivity contribution is 5.97. The summed E-state index contributed by atoms with van der Waals surface area (Å²) in [7, 11) is 0. The van der Waals surface area contributed by atoms with E-state index in [-0.39, 0.29) is 40.3 Å². The minimum Gasteiger partial charge on any atom is -0.507 e. The zero-order chi connectivity index (χ0) is 49.5. The molecule has 2 aromatic heterocycles. The Morgan fingerprint density at radius 3 is 2.19 bits per heavy atom. The second-order valence-corrected chi connectivity index (χ2v) is 17.1. The minimum atomic E-state index is -2.60. The molecular weight excluding hydrogens is 719 g/mol. The van der Waals surface area contributed by atoms with Crippen molar-refractivity contribution in [2.45, 2.75) is 86.4 Å². The number of hydrogen-bond donors (Lipinski definition) is 1. The van der Waals surface area contributed by atoms with Gasteiger partial charge in [0, 0.05) is 22.8 Å². The molecule has 0 aliphatic rings. The van der Waals surface area contributed by atoms with Crippen molar-refractivity contribution < 1.29 is 17.4 Å². The van der Waals surface area contributed by atoms with Crippen molar-refractivity contribution in [1.82, 2.24) is 14.5 Å². The Hall–Kier alpha value is -6.26. The van der Waals surface area contributed by atoms with Crippen molar-refractivity contribution in [2.75, 3.05) is 0 Å². The average Bonchev–Trinajstić information content (AvgIpc) is 3.67. The van der Waals surface area contributed by atoms with Crippen LogP contribution < -0.4 is 0 Å². The van der Waals surface area contributed by atoms with Gasteiger partial charge >= 0.3 is 0 Å². The van der Waals surface area contributed by atoms with Gasteiger partial charge in [-0.3, -0.25) is 9.55 Å². The topological polar surface area (TPSA) is 50.9 Å². The number of para-hydroxylation sites is 1. The van der Waals surface area contributed by atoms with Crippen molar-refractivity contribution in [2.24, 2.45) is 0 Å². The fourth-order valence-electron chi connectivity index (χ4n) is 8.07. The van der Waals surface area contributed by atoms with E-state index in [0.29, 0.717) is 50.5 Å².